The van der Waals surface area contributed by atoms with Crippen molar-refractivity contribution in [1.29, 1.82) is 0 Å². The zero-order chi connectivity index (χ0) is 9.68. The lowest BCUT2D eigenvalue weighted by Gasteiger charge is -2.31. The van der Waals surface area contributed by atoms with E-state index in [0.29, 0.717) is 18.8 Å². The summed E-state index contributed by atoms with van der Waals surface area (Å²) >= 11 is 0. The predicted octanol–water partition coefficient (Wildman–Crippen LogP) is 2.11. The number of hydrogen-bond donors (Lipinski definition) is 1. The largest absolute Gasteiger partial charge is 0.372 e. The van der Waals surface area contributed by atoms with E-state index in [2.05, 4.69) is 11.9 Å². The normalized spacial score (nSPS) is 28.8. The Balaban J connectivity index is 2.31. The summed E-state index contributed by atoms with van der Waals surface area (Å²) in [5.74, 6) is 0. The molecule has 2 atom stereocenters. The van der Waals surface area contributed by atoms with Crippen molar-refractivity contribution in [3.8, 4) is 0 Å². The van der Waals surface area contributed by atoms with Gasteiger partial charge in [-0.25, -0.2) is 0 Å². The summed E-state index contributed by atoms with van der Waals surface area (Å²) in [7, 11) is 2.02. The third kappa shape index (κ3) is 3.49. The van der Waals surface area contributed by atoms with E-state index in [4.69, 9.17) is 4.74 Å². The lowest BCUT2D eigenvalue weighted by atomic mass is 9.92. The van der Waals surface area contributed by atoms with Gasteiger partial charge < -0.3 is 10.1 Å². The average molecular weight is 183 g/mol. The molecule has 1 saturated carbocycles. The Morgan fingerprint density at radius 1 is 1.46 bits per heavy atom. The average Bonchev–Trinajstić information content (AvgIpc) is 2.15. The lowest BCUT2D eigenvalue weighted by molar-refractivity contribution is 0.0198. The quantitative estimate of drug-likeness (QED) is 0.674. The van der Waals surface area contributed by atoms with E-state index in [0.717, 1.165) is 5.57 Å². The first-order valence-electron chi connectivity index (χ1n) is 5.17. The number of rotatable bonds is 4. The maximum absolute atomic E-state index is 5.79. The Labute approximate surface area is 81.4 Å². The van der Waals surface area contributed by atoms with Gasteiger partial charge in [0.1, 0.15) is 0 Å². The second-order valence-corrected chi connectivity index (χ2v) is 3.99. The van der Waals surface area contributed by atoms with Crippen LogP contribution in [0, 0.1) is 0 Å². The molecule has 2 unspecified atom stereocenters. The minimum Gasteiger partial charge on any atom is -0.372 e. The van der Waals surface area contributed by atoms with E-state index in [1.165, 1.54) is 25.7 Å². The fraction of sp³-hybridized carbons (Fsp3) is 0.818. The summed E-state index contributed by atoms with van der Waals surface area (Å²) in [6.45, 7) is 6.57. The van der Waals surface area contributed by atoms with E-state index in [1.54, 1.807) is 0 Å². The van der Waals surface area contributed by atoms with E-state index >= 15 is 0 Å². The third-order valence-electron chi connectivity index (χ3n) is 2.62. The van der Waals surface area contributed by atoms with Crippen LogP contribution in [-0.2, 0) is 4.74 Å². The van der Waals surface area contributed by atoms with Gasteiger partial charge in [-0.1, -0.05) is 25.0 Å². The van der Waals surface area contributed by atoms with Gasteiger partial charge in [-0.15, -0.1) is 0 Å². The van der Waals surface area contributed by atoms with Crippen LogP contribution in [0.25, 0.3) is 0 Å². The van der Waals surface area contributed by atoms with Crippen LogP contribution in [0.3, 0.4) is 0 Å². The monoisotopic (exact) mass is 183 g/mol. The maximum Gasteiger partial charge on any atom is 0.0732 e. The van der Waals surface area contributed by atoms with Gasteiger partial charge >= 0.3 is 0 Å². The Morgan fingerprint density at radius 3 is 2.77 bits per heavy atom. The minimum absolute atomic E-state index is 0.399. The summed E-state index contributed by atoms with van der Waals surface area (Å²) in [5.41, 5.74) is 1.11. The Kier molecular flexibility index (Phi) is 4.46. The van der Waals surface area contributed by atoms with E-state index in [1.807, 2.05) is 14.0 Å². The molecule has 0 amide bonds. The first-order chi connectivity index (χ1) is 6.24. The van der Waals surface area contributed by atoms with Crippen LogP contribution in [0.1, 0.15) is 32.6 Å². The van der Waals surface area contributed by atoms with Crippen LogP contribution >= 0.6 is 0 Å². The Bertz CT molecular complexity index is 167. The fourth-order valence-electron chi connectivity index (χ4n) is 1.88. The van der Waals surface area contributed by atoms with E-state index in [-0.39, 0.29) is 0 Å². The molecule has 2 nitrogen and oxygen atoms in total. The van der Waals surface area contributed by atoms with Crippen molar-refractivity contribution in [3.05, 3.63) is 12.2 Å². The molecule has 13 heavy (non-hydrogen) atoms. The second kappa shape index (κ2) is 5.40. The fourth-order valence-corrected chi connectivity index (χ4v) is 1.88. The van der Waals surface area contributed by atoms with Gasteiger partial charge in [0.25, 0.3) is 0 Å². The minimum atomic E-state index is 0.399. The second-order valence-electron chi connectivity index (χ2n) is 3.99. The molecular weight excluding hydrogens is 162 g/mol. The van der Waals surface area contributed by atoms with Crippen molar-refractivity contribution in [2.75, 3.05) is 13.7 Å². The van der Waals surface area contributed by atoms with Crippen molar-refractivity contribution < 1.29 is 4.74 Å². The zero-order valence-electron chi connectivity index (χ0n) is 8.81. The van der Waals surface area contributed by atoms with Crippen molar-refractivity contribution >= 4 is 0 Å². The summed E-state index contributed by atoms with van der Waals surface area (Å²) in [5, 5.41) is 3.32. The van der Waals surface area contributed by atoms with Crippen LogP contribution in [-0.4, -0.2) is 25.8 Å². The molecule has 0 radical (unpaired) electrons. The van der Waals surface area contributed by atoms with Crippen LogP contribution in [0.5, 0.6) is 0 Å². The highest BCUT2D eigenvalue weighted by Gasteiger charge is 2.23. The van der Waals surface area contributed by atoms with E-state index in [9.17, 15) is 0 Å². The molecule has 1 rings (SSSR count). The van der Waals surface area contributed by atoms with Crippen LogP contribution in [0.4, 0.5) is 0 Å². The molecule has 0 heterocycles. The van der Waals surface area contributed by atoms with Crippen molar-refractivity contribution in [2.24, 2.45) is 0 Å². The molecule has 1 N–H and O–H groups in total. The molecule has 0 saturated heterocycles. The molecule has 0 aromatic carbocycles. The van der Waals surface area contributed by atoms with E-state index < -0.39 is 0 Å². The van der Waals surface area contributed by atoms with Crippen molar-refractivity contribution in [2.45, 2.75) is 44.8 Å². The molecule has 0 aromatic rings. The van der Waals surface area contributed by atoms with Crippen LogP contribution < -0.4 is 5.32 Å². The van der Waals surface area contributed by atoms with Crippen LogP contribution in [0.2, 0.25) is 0 Å². The zero-order valence-corrected chi connectivity index (χ0v) is 8.81. The summed E-state index contributed by atoms with van der Waals surface area (Å²) in [6, 6.07) is 0.549. The molecule has 0 bridgehead atoms. The van der Waals surface area contributed by atoms with Crippen molar-refractivity contribution in [3.63, 3.8) is 0 Å². The Hall–Kier alpha value is -0.340. The smallest absolute Gasteiger partial charge is 0.0732 e. The maximum atomic E-state index is 5.79. The van der Waals surface area contributed by atoms with Crippen molar-refractivity contribution in [1.82, 2.24) is 5.32 Å². The number of nitrogens with one attached hydrogen (secondary N) is 1. The first-order valence-corrected chi connectivity index (χ1v) is 5.17. The van der Waals surface area contributed by atoms with Crippen LogP contribution in [0.15, 0.2) is 12.2 Å². The van der Waals surface area contributed by atoms with Gasteiger partial charge in [-0.3, -0.25) is 0 Å². The molecule has 0 spiro atoms. The molecule has 1 aliphatic rings. The summed E-state index contributed by atoms with van der Waals surface area (Å²) in [4.78, 5) is 0. The SMILES string of the molecule is C=C(C)COC1CCCCC1NC. The summed E-state index contributed by atoms with van der Waals surface area (Å²) < 4.78 is 5.79. The van der Waals surface area contributed by atoms with Gasteiger partial charge in [0.15, 0.2) is 0 Å². The van der Waals surface area contributed by atoms with Gasteiger partial charge in [-0.2, -0.15) is 0 Å². The molecule has 0 aliphatic heterocycles. The van der Waals surface area contributed by atoms with Gasteiger partial charge in [0.2, 0.25) is 0 Å². The summed E-state index contributed by atoms with van der Waals surface area (Å²) in [6.07, 6.45) is 5.48. The standard InChI is InChI=1S/C11H21NO/c1-9(2)8-13-11-7-5-4-6-10(11)12-3/h10-12H,1,4-8H2,2-3H3. The Morgan fingerprint density at radius 2 is 2.15 bits per heavy atom. The third-order valence-corrected chi connectivity index (χ3v) is 2.62. The highest BCUT2D eigenvalue weighted by molar-refractivity contribution is 4.89. The van der Waals surface area contributed by atoms with Gasteiger partial charge in [0, 0.05) is 6.04 Å². The van der Waals surface area contributed by atoms with Gasteiger partial charge in [0.05, 0.1) is 12.7 Å². The number of hydrogen-bond acceptors (Lipinski definition) is 2. The molecule has 76 valence electrons. The van der Waals surface area contributed by atoms with Gasteiger partial charge in [-0.05, 0) is 26.8 Å². The highest BCUT2D eigenvalue weighted by Crippen LogP contribution is 2.21. The predicted molar refractivity (Wildman–Crippen MR) is 55.9 cm³/mol. The first kappa shape index (κ1) is 10.7. The molecule has 2 heteroatoms. The molecular formula is C11H21NO. The molecule has 0 aromatic heterocycles. The molecule has 1 aliphatic carbocycles. The lowest BCUT2D eigenvalue weighted by Crippen LogP contribution is -2.41. The molecule has 1 fully saturated rings. The number of likely N-dealkylation sites (N-methyl/N-ethyl adjacent to an activating group) is 1. The highest BCUT2D eigenvalue weighted by atomic mass is 16.5. The number of ether oxygens (including phenoxy) is 1. The topological polar surface area (TPSA) is 21.3 Å².